The van der Waals surface area contributed by atoms with Crippen molar-refractivity contribution in [3.8, 4) is 5.75 Å². The van der Waals surface area contributed by atoms with Gasteiger partial charge in [0, 0.05) is 22.8 Å². The lowest BCUT2D eigenvalue weighted by Gasteiger charge is -2.12. The van der Waals surface area contributed by atoms with Crippen LogP contribution in [0.1, 0.15) is 46.6 Å². The van der Waals surface area contributed by atoms with Crippen molar-refractivity contribution >= 4 is 38.8 Å². The van der Waals surface area contributed by atoms with E-state index in [1.165, 1.54) is 48.3 Å². The summed E-state index contributed by atoms with van der Waals surface area (Å²) in [5.41, 5.74) is 9.99. The maximum Gasteiger partial charge on any atom is 0.267 e. The number of nitrogens with one attached hydrogen (secondary N) is 1. The molecule has 3 aromatic rings. The standard InChI is InChI=1S/C21H23N3O2S/c1-26-15-9-6-8-14(12-15)23-20(25)19-18(22)16-11-13-7-4-2-3-5-10-17(13)24-21(16)27-19/h6,8-9,11-12H,2-5,7,10,22H2,1H3,(H,23,25). The molecule has 2 heterocycles. The lowest BCUT2D eigenvalue weighted by atomic mass is 9.96. The number of rotatable bonds is 3. The average molecular weight is 382 g/mol. The number of aryl methyl sites for hydroxylation is 2. The molecule has 3 N–H and O–H groups in total. The molecule has 0 atom stereocenters. The molecule has 1 aliphatic carbocycles. The number of anilines is 2. The highest BCUT2D eigenvalue weighted by molar-refractivity contribution is 7.21. The molecule has 0 bridgehead atoms. The summed E-state index contributed by atoms with van der Waals surface area (Å²) in [6.45, 7) is 0. The number of ether oxygens (including phenoxy) is 1. The molecule has 0 radical (unpaired) electrons. The number of nitrogen functional groups attached to an aromatic ring is 1. The number of carbonyl (C=O) groups is 1. The van der Waals surface area contributed by atoms with Crippen molar-refractivity contribution in [2.75, 3.05) is 18.2 Å². The molecule has 6 heteroatoms. The van der Waals surface area contributed by atoms with Crippen LogP contribution in [0, 0.1) is 0 Å². The molecule has 0 saturated heterocycles. The summed E-state index contributed by atoms with van der Waals surface area (Å²) >= 11 is 1.37. The lowest BCUT2D eigenvalue weighted by molar-refractivity contribution is 0.103. The van der Waals surface area contributed by atoms with Gasteiger partial charge in [-0.3, -0.25) is 4.79 Å². The number of hydrogen-bond acceptors (Lipinski definition) is 5. The van der Waals surface area contributed by atoms with Gasteiger partial charge in [0.05, 0.1) is 12.8 Å². The molecule has 27 heavy (non-hydrogen) atoms. The van der Waals surface area contributed by atoms with Gasteiger partial charge in [0.2, 0.25) is 0 Å². The fourth-order valence-corrected chi connectivity index (χ4v) is 4.56. The Morgan fingerprint density at radius 1 is 1.19 bits per heavy atom. The minimum absolute atomic E-state index is 0.212. The zero-order chi connectivity index (χ0) is 18.8. The third-order valence-electron chi connectivity index (χ3n) is 5.03. The van der Waals surface area contributed by atoms with E-state index in [1.54, 1.807) is 13.2 Å². The van der Waals surface area contributed by atoms with Crippen molar-refractivity contribution in [1.82, 2.24) is 4.98 Å². The van der Waals surface area contributed by atoms with E-state index in [0.717, 1.165) is 23.1 Å². The van der Waals surface area contributed by atoms with E-state index in [9.17, 15) is 4.79 Å². The molecule has 1 aliphatic rings. The van der Waals surface area contributed by atoms with Crippen molar-refractivity contribution in [2.45, 2.75) is 38.5 Å². The van der Waals surface area contributed by atoms with Crippen molar-refractivity contribution in [2.24, 2.45) is 0 Å². The Morgan fingerprint density at radius 3 is 2.81 bits per heavy atom. The number of aromatic nitrogens is 1. The number of fused-ring (bicyclic) bond motifs is 2. The molecule has 0 unspecified atom stereocenters. The van der Waals surface area contributed by atoms with Gasteiger partial charge < -0.3 is 15.8 Å². The van der Waals surface area contributed by atoms with Crippen LogP contribution in [0.25, 0.3) is 10.2 Å². The predicted molar refractivity (Wildman–Crippen MR) is 111 cm³/mol. The molecule has 0 aliphatic heterocycles. The molecule has 2 aromatic heterocycles. The molecule has 0 saturated carbocycles. The second-order valence-corrected chi connectivity index (χ2v) is 7.89. The first-order chi connectivity index (χ1) is 13.2. The van der Waals surface area contributed by atoms with Gasteiger partial charge in [-0.25, -0.2) is 4.98 Å². The first-order valence-electron chi connectivity index (χ1n) is 9.32. The van der Waals surface area contributed by atoms with Gasteiger partial charge in [0.1, 0.15) is 15.5 Å². The summed E-state index contributed by atoms with van der Waals surface area (Å²) in [6, 6.07) is 9.43. The fraction of sp³-hybridized carbons (Fsp3) is 0.333. The number of nitrogens with two attached hydrogens (primary N) is 1. The SMILES string of the molecule is COc1cccc(NC(=O)c2sc3nc4c(cc3c2N)CCCCCC4)c1. The predicted octanol–water partition coefficient (Wildman–Crippen LogP) is 4.80. The van der Waals surface area contributed by atoms with Crippen molar-refractivity contribution in [1.29, 1.82) is 0 Å². The molecular formula is C21H23N3O2S. The van der Waals surface area contributed by atoms with E-state index in [0.29, 0.717) is 22.0 Å². The highest BCUT2D eigenvalue weighted by Crippen LogP contribution is 2.35. The van der Waals surface area contributed by atoms with Crippen molar-refractivity contribution in [3.63, 3.8) is 0 Å². The third-order valence-corrected chi connectivity index (χ3v) is 6.15. The number of thiophene rings is 1. The van der Waals surface area contributed by atoms with Crippen LogP contribution in [0.2, 0.25) is 0 Å². The summed E-state index contributed by atoms with van der Waals surface area (Å²) < 4.78 is 5.21. The monoisotopic (exact) mass is 381 g/mol. The Labute approximate surface area is 162 Å². The maximum absolute atomic E-state index is 12.8. The minimum atomic E-state index is -0.212. The van der Waals surface area contributed by atoms with Crippen LogP contribution in [0.15, 0.2) is 30.3 Å². The van der Waals surface area contributed by atoms with Crippen LogP contribution >= 0.6 is 11.3 Å². The lowest BCUT2D eigenvalue weighted by Crippen LogP contribution is -2.11. The van der Waals surface area contributed by atoms with Gasteiger partial charge >= 0.3 is 0 Å². The second kappa shape index (κ2) is 7.56. The van der Waals surface area contributed by atoms with Gasteiger partial charge in [-0.1, -0.05) is 18.9 Å². The molecule has 0 fully saturated rings. The highest BCUT2D eigenvalue weighted by atomic mass is 32.1. The molecule has 140 valence electrons. The van der Waals surface area contributed by atoms with Crippen molar-refractivity contribution in [3.05, 3.63) is 46.5 Å². The van der Waals surface area contributed by atoms with Crippen LogP contribution in [0.5, 0.6) is 5.75 Å². The second-order valence-electron chi connectivity index (χ2n) is 6.89. The minimum Gasteiger partial charge on any atom is -0.497 e. The topological polar surface area (TPSA) is 77.2 Å². The number of amides is 1. The van der Waals surface area contributed by atoms with E-state index >= 15 is 0 Å². The van der Waals surface area contributed by atoms with E-state index in [-0.39, 0.29) is 5.91 Å². The van der Waals surface area contributed by atoms with Crippen LogP contribution in [-0.4, -0.2) is 18.0 Å². The smallest absolute Gasteiger partial charge is 0.267 e. The average Bonchev–Trinajstić information content (AvgIpc) is 2.98. The first kappa shape index (κ1) is 17.8. The summed E-state index contributed by atoms with van der Waals surface area (Å²) in [4.78, 5) is 19.0. The Morgan fingerprint density at radius 2 is 2.00 bits per heavy atom. The zero-order valence-electron chi connectivity index (χ0n) is 15.4. The van der Waals surface area contributed by atoms with Gasteiger partial charge in [-0.15, -0.1) is 11.3 Å². The molecule has 1 aromatic carbocycles. The van der Waals surface area contributed by atoms with Crippen LogP contribution in [0.4, 0.5) is 11.4 Å². The van der Waals surface area contributed by atoms with Gasteiger partial charge in [0.15, 0.2) is 0 Å². The third kappa shape index (κ3) is 3.62. The van der Waals surface area contributed by atoms with Gasteiger partial charge in [-0.2, -0.15) is 0 Å². The number of benzene rings is 1. The number of pyridine rings is 1. The molecule has 1 amide bonds. The van der Waals surface area contributed by atoms with E-state index < -0.39 is 0 Å². The zero-order valence-corrected chi connectivity index (χ0v) is 16.2. The molecular weight excluding hydrogens is 358 g/mol. The summed E-state index contributed by atoms with van der Waals surface area (Å²) in [5.74, 6) is 0.481. The van der Waals surface area contributed by atoms with E-state index in [1.807, 2.05) is 18.2 Å². The Hall–Kier alpha value is -2.60. The number of methoxy groups -OCH3 is 1. The highest BCUT2D eigenvalue weighted by Gasteiger charge is 2.20. The van der Waals surface area contributed by atoms with E-state index in [4.69, 9.17) is 15.5 Å². The van der Waals surface area contributed by atoms with Crippen LogP contribution < -0.4 is 15.8 Å². The molecule has 5 nitrogen and oxygen atoms in total. The first-order valence-corrected chi connectivity index (χ1v) is 10.1. The van der Waals surface area contributed by atoms with Gasteiger partial charge in [0.25, 0.3) is 5.91 Å². The molecule has 4 rings (SSSR count). The quantitative estimate of drug-likeness (QED) is 0.683. The number of hydrogen-bond donors (Lipinski definition) is 2. The summed E-state index contributed by atoms with van der Waals surface area (Å²) in [6.07, 6.45) is 6.95. The normalized spacial score (nSPS) is 14.3. The van der Waals surface area contributed by atoms with Gasteiger partial charge in [-0.05, 0) is 49.4 Å². The number of nitrogens with zero attached hydrogens (tertiary/aromatic N) is 1. The Bertz CT molecular complexity index is 997. The van der Waals surface area contributed by atoms with Crippen molar-refractivity contribution < 1.29 is 9.53 Å². The fourth-order valence-electron chi connectivity index (χ4n) is 3.57. The Kier molecular flexibility index (Phi) is 4.99. The largest absolute Gasteiger partial charge is 0.497 e. The number of carbonyl (C=O) groups excluding carboxylic acids is 1. The Balaban J connectivity index is 1.67. The molecule has 0 spiro atoms. The van der Waals surface area contributed by atoms with E-state index in [2.05, 4.69) is 11.4 Å². The summed E-state index contributed by atoms with van der Waals surface area (Å²) in [7, 11) is 1.60. The van der Waals surface area contributed by atoms with Crippen LogP contribution in [0.3, 0.4) is 0 Å². The summed E-state index contributed by atoms with van der Waals surface area (Å²) in [5, 5.41) is 3.81. The van der Waals surface area contributed by atoms with Crippen LogP contribution in [-0.2, 0) is 12.8 Å². The maximum atomic E-state index is 12.8.